The molecule has 0 bridgehead atoms. The van der Waals surface area contributed by atoms with Crippen LogP contribution in [0.2, 0.25) is 0 Å². The smallest absolute Gasteiger partial charge is 0.462 e. The number of aliphatic hydroxyl groups excluding tert-OH is 2. The number of hydrogen-bond acceptors (Lipinski definition) is 11. The first-order valence-corrected chi connectivity index (χ1v) is 24.5. The average molecular weight is 867 g/mol. The van der Waals surface area contributed by atoms with E-state index in [-0.39, 0.29) is 12.8 Å². The summed E-state index contributed by atoms with van der Waals surface area (Å²) in [5, 5.41) is 19.6. The summed E-state index contributed by atoms with van der Waals surface area (Å²) in [5.41, 5.74) is 0. The maximum absolute atomic E-state index is 12.6. The van der Waals surface area contributed by atoms with Crippen molar-refractivity contribution in [2.24, 2.45) is 0 Å². The Balaban J connectivity index is 4.61. The fraction of sp³-hybridized carbons (Fsp3) is 0.762. The Bertz CT molecular complexity index is 1230. The monoisotopic (exact) mass is 866 g/mol. The number of carbonyl (C=O) groups is 2. The van der Waals surface area contributed by atoms with Crippen LogP contribution in [0, 0.1) is 0 Å². The van der Waals surface area contributed by atoms with Crippen LogP contribution in [-0.2, 0) is 41.8 Å². The largest absolute Gasteiger partial charge is 0.472 e. The van der Waals surface area contributed by atoms with Crippen LogP contribution in [0.1, 0.15) is 162 Å². The second-order valence-electron chi connectivity index (χ2n) is 14.4. The number of phosphoric acid groups is 2. The zero-order valence-corrected chi connectivity index (χ0v) is 37.0. The molecule has 338 valence electrons. The van der Waals surface area contributed by atoms with Crippen LogP contribution in [0.5, 0.6) is 0 Å². The number of carbonyl (C=O) groups excluding carboxylic acids is 2. The molecular formula is C42H76O14P2. The van der Waals surface area contributed by atoms with Gasteiger partial charge in [-0.1, -0.05) is 133 Å². The third-order valence-corrected chi connectivity index (χ3v) is 10.2. The molecule has 5 N–H and O–H groups in total. The fourth-order valence-electron chi connectivity index (χ4n) is 5.50. The highest BCUT2D eigenvalue weighted by Crippen LogP contribution is 2.43. The molecule has 0 amide bonds. The molecule has 58 heavy (non-hydrogen) atoms. The van der Waals surface area contributed by atoms with Gasteiger partial charge in [-0.3, -0.25) is 23.2 Å². The molecule has 0 aromatic rings. The molecule has 0 aromatic heterocycles. The molecule has 0 aromatic carbocycles. The van der Waals surface area contributed by atoms with Crippen molar-refractivity contribution in [3.63, 3.8) is 0 Å². The van der Waals surface area contributed by atoms with E-state index >= 15 is 0 Å². The number of unbranched alkanes of at least 4 members (excludes halogenated alkanes) is 16. The summed E-state index contributed by atoms with van der Waals surface area (Å²) in [6.07, 6.45) is 34.3. The van der Waals surface area contributed by atoms with E-state index in [1.165, 1.54) is 38.5 Å². The lowest BCUT2D eigenvalue weighted by molar-refractivity contribution is -0.161. The fourth-order valence-corrected chi connectivity index (χ4v) is 6.65. The average Bonchev–Trinajstić information content (AvgIpc) is 3.17. The molecule has 0 rings (SSSR count). The van der Waals surface area contributed by atoms with Gasteiger partial charge >= 0.3 is 27.6 Å². The van der Waals surface area contributed by atoms with Crippen molar-refractivity contribution in [3.05, 3.63) is 48.6 Å². The van der Waals surface area contributed by atoms with E-state index in [1.54, 1.807) is 6.08 Å². The Morgan fingerprint density at radius 3 is 1.67 bits per heavy atom. The molecule has 2 unspecified atom stereocenters. The first-order chi connectivity index (χ1) is 27.8. The molecule has 0 aliphatic rings. The van der Waals surface area contributed by atoms with Gasteiger partial charge in [0.05, 0.1) is 25.9 Å². The summed E-state index contributed by atoms with van der Waals surface area (Å²) >= 11 is 0. The van der Waals surface area contributed by atoms with Gasteiger partial charge in [-0.15, -0.1) is 0 Å². The molecule has 14 nitrogen and oxygen atoms in total. The van der Waals surface area contributed by atoms with E-state index in [0.29, 0.717) is 19.3 Å². The maximum atomic E-state index is 12.6. The lowest BCUT2D eigenvalue weighted by Crippen LogP contribution is -2.30. The Morgan fingerprint density at radius 2 is 1.09 bits per heavy atom. The molecule has 0 radical (unpaired) electrons. The summed E-state index contributed by atoms with van der Waals surface area (Å²) in [7, 11) is -9.70. The van der Waals surface area contributed by atoms with Gasteiger partial charge in [0.1, 0.15) is 12.7 Å². The predicted molar refractivity (Wildman–Crippen MR) is 227 cm³/mol. The number of hydrogen-bond donors (Lipinski definition) is 5. The number of esters is 2. The van der Waals surface area contributed by atoms with Gasteiger partial charge in [-0.05, 0) is 64.2 Å². The minimum absolute atomic E-state index is 0.105. The molecule has 0 spiro atoms. The lowest BCUT2D eigenvalue weighted by Gasteiger charge is -2.20. The van der Waals surface area contributed by atoms with Crippen LogP contribution in [0.15, 0.2) is 48.6 Å². The highest BCUT2D eigenvalue weighted by atomic mass is 31.2. The Hall–Kier alpha value is -1.96. The first-order valence-electron chi connectivity index (χ1n) is 21.4. The van der Waals surface area contributed by atoms with Gasteiger partial charge in [0.25, 0.3) is 0 Å². The van der Waals surface area contributed by atoms with Crippen LogP contribution in [0.4, 0.5) is 0 Å². The summed E-state index contributed by atoms with van der Waals surface area (Å²) in [6, 6.07) is 0. The molecule has 4 atom stereocenters. The SMILES string of the molecule is CC/C=C/CC(O)/C=C/C=C/CCCCCCCC(=O)OC[C@H](COP(=O)(O)OC[C@@H](O)COP(=O)(O)O)OC(=O)CCCCCCC/C=C\CCCCCCCC. The van der Waals surface area contributed by atoms with Crippen molar-refractivity contribution in [1.29, 1.82) is 0 Å². The molecular weight excluding hydrogens is 790 g/mol. The number of phosphoric ester groups is 2. The van der Waals surface area contributed by atoms with Gasteiger partial charge in [-0.25, -0.2) is 9.13 Å². The van der Waals surface area contributed by atoms with Crippen LogP contribution >= 0.6 is 15.6 Å². The molecule has 0 saturated heterocycles. The van der Waals surface area contributed by atoms with E-state index in [2.05, 4.69) is 34.2 Å². The maximum Gasteiger partial charge on any atom is 0.472 e. The summed E-state index contributed by atoms with van der Waals surface area (Å²) < 4.78 is 47.7. The third kappa shape index (κ3) is 40.8. The van der Waals surface area contributed by atoms with Crippen LogP contribution in [-0.4, -0.2) is 81.6 Å². The van der Waals surface area contributed by atoms with Crippen LogP contribution in [0.25, 0.3) is 0 Å². The van der Waals surface area contributed by atoms with Crippen LogP contribution in [0.3, 0.4) is 0 Å². The van der Waals surface area contributed by atoms with Crippen molar-refractivity contribution < 1.29 is 66.7 Å². The summed E-state index contributed by atoms with van der Waals surface area (Å²) in [5.74, 6) is -1.10. The van der Waals surface area contributed by atoms with Crippen molar-refractivity contribution in [2.75, 3.05) is 26.4 Å². The van der Waals surface area contributed by atoms with Gasteiger partial charge in [0, 0.05) is 12.8 Å². The zero-order chi connectivity index (χ0) is 43.2. The molecule has 0 fully saturated rings. The predicted octanol–water partition coefficient (Wildman–Crippen LogP) is 9.64. The molecule has 0 saturated carbocycles. The number of allylic oxidation sites excluding steroid dienone is 6. The normalized spacial score (nSPS) is 15.1. The number of rotatable bonds is 40. The van der Waals surface area contributed by atoms with E-state index in [0.717, 1.165) is 77.0 Å². The topological polar surface area (TPSA) is 216 Å². The molecule has 0 aliphatic heterocycles. The van der Waals surface area contributed by atoms with Gasteiger partial charge in [0.15, 0.2) is 6.10 Å². The zero-order valence-electron chi connectivity index (χ0n) is 35.2. The Kier molecular flexibility index (Phi) is 36.7. The van der Waals surface area contributed by atoms with Gasteiger partial charge in [-0.2, -0.15) is 0 Å². The Morgan fingerprint density at radius 1 is 0.569 bits per heavy atom. The minimum atomic E-state index is -4.87. The van der Waals surface area contributed by atoms with E-state index in [4.69, 9.17) is 23.8 Å². The number of aliphatic hydroxyl groups is 2. The second kappa shape index (κ2) is 38.0. The Labute approximate surface area is 348 Å². The third-order valence-electron chi connectivity index (χ3n) is 8.77. The van der Waals surface area contributed by atoms with Crippen LogP contribution < -0.4 is 0 Å². The minimum Gasteiger partial charge on any atom is -0.462 e. The van der Waals surface area contributed by atoms with Crippen molar-refractivity contribution in [3.8, 4) is 0 Å². The molecule has 16 heteroatoms. The highest BCUT2D eigenvalue weighted by molar-refractivity contribution is 7.47. The van der Waals surface area contributed by atoms with E-state index < -0.39 is 72.3 Å². The van der Waals surface area contributed by atoms with Gasteiger partial charge < -0.3 is 34.4 Å². The lowest BCUT2D eigenvalue weighted by atomic mass is 10.1. The van der Waals surface area contributed by atoms with Crippen molar-refractivity contribution in [2.45, 2.75) is 180 Å². The van der Waals surface area contributed by atoms with Crippen molar-refractivity contribution in [1.82, 2.24) is 0 Å². The highest BCUT2D eigenvalue weighted by Gasteiger charge is 2.28. The molecule has 0 heterocycles. The van der Waals surface area contributed by atoms with E-state index in [1.807, 2.05) is 31.2 Å². The van der Waals surface area contributed by atoms with E-state index in [9.17, 15) is 33.8 Å². The van der Waals surface area contributed by atoms with Gasteiger partial charge in [0.2, 0.25) is 0 Å². The standard InChI is InChI=1S/C42H76O14P2/c1-3-5-7-8-9-10-11-12-13-14-15-18-22-25-29-33-42(46)56-40(37-55-58(50,51)54-35-39(44)34-53-57(47,48)49)36-52-41(45)32-28-24-21-19-16-17-20-23-27-31-38(43)30-26-6-4-2/h6,12-13,20,23,26-27,31,38-40,43-44H,3-5,7-11,14-19,21-22,24-25,28-30,32-37H2,1-2H3,(H,50,51)(H2,47,48,49)/b13-12-,23-20+,26-6+,31-27+/t38?,39-,40+/m0/s1. The molecule has 0 aliphatic carbocycles. The summed E-state index contributed by atoms with van der Waals surface area (Å²) in [6.45, 7) is 1.49. The first kappa shape index (κ1) is 56.0. The quantitative estimate of drug-likeness (QED) is 0.0127. The second-order valence-corrected chi connectivity index (χ2v) is 17.1. The van der Waals surface area contributed by atoms with Crippen molar-refractivity contribution >= 4 is 27.6 Å². The number of ether oxygens (including phenoxy) is 2. The summed E-state index contributed by atoms with van der Waals surface area (Å²) in [4.78, 5) is 52.6.